The SMILES string of the molecule is CC(C)C(C(=O)N(C)CC(C)(C)C)C(N)=S. The molecule has 0 fully saturated rings. The average molecular weight is 244 g/mol. The Morgan fingerprint density at radius 3 is 2.06 bits per heavy atom. The highest BCUT2D eigenvalue weighted by molar-refractivity contribution is 7.80. The van der Waals surface area contributed by atoms with Crippen molar-refractivity contribution in [3.05, 3.63) is 0 Å². The lowest BCUT2D eigenvalue weighted by Crippen LogP contribution is -2.44. The van der Waals surface area contributed by atoms with Gasteiger partial charge in [-0.3, -0.25) is 4.79 Å². The Morgan fingerprint density at radius 2 is 1.81 bits per heavy atom. The zero-order valence-corrected chi connectivity index (χ0v) is 12.0. The van der Waals surface area contributed by atoms with Gasteiger partial charge in [0.05, 0.1) is 10.9 Å². The molecule has 1 amide bonds. The summed E-state index contributed by atoms with van der Waals surface area (Å²) in [6.45, 7) is 10.9. The maximum absolute atomic E-state index is 12.2. The predicted octanol–water partition coefficient (Wildman–Crippen LogP) is 2.05. The van der Waals surface area contributed by atoms with Gasteiger partial charge in [-0.1, -0.05) is 46.8 Å². The molecule has 0 spiro atoms. The van der Waals surface area contributed by atoms with E-state index in [9.17, 15) is 4.79 Å². The summed E-state index contributed by atoms with van der Waals surface area (Å²) in [6.07, 6.45) is 0. The van der Waals surface area contributed by atoms with Crippen LogP contribution in [0.1, 0.15) is 34.6 Å². The molecular weight excluding hydrogens is 220 g/mol. The molecule has 0 aliphatic rings. The minimum Gasteiger partial charge on any atom is -0.393 e. The van der Waals surface area contributed by atoms with Gasteiger partial charge in [-0.25, -0.2) is 0 Å². The molecule has 94 valence electrons. The Kier molecular flexibility index (Phi) is 5.39. The van der Waals surface area contributed by atoms with Gasteiger partial charge in [-0.15, -0.1) is 0 Å². The van der Waals surface area contributed by atoms with Crippen LogP contribution in [0.4, 0.5) is 0 Å². The van der Waals surface area contributed by atoms with Crippen LogP contribution in [0.25, 0.3) is 0 Å². The van der Waals surface area contributed by atoms with Crippen LogP contribution in [0.2, 0.25) is 0 Å². The number of nitrogens with two attached hydrogens (primary N) is 1. The largest absolute Gasteiger partial charge is 0.393 e. The molecule has 0 aliphatic heterocycles. The maximum Gasteiger partial charge on any atom is 0.232 e. The van der Waals surface area contributed by atoms with Crippen LogP contribution in [0.3, 0.4) is 0 Å². The molecule has 0 aromatic heterocycles. The Balaban J connectivity index is 4.69. The second kappa shape index (κ2) is 5.62. The minimum absolute atomic E-state index is 0.0254. The first-order valence-electron chi connectivity index (χ1n) is 5.60. The number of carbonyl (C=O) groups is 1. The van der Waals surface area contributed by atoms with E-state index in [1.165, 1.54) is 0 Å². The van der Waals surface area contributed by atoms with Gasteiger partial charge in [0.15, 0.2) is 0 Å². The van der Waals surface area contributed by atoms with Crippen molar-refractivity contribution in [1.82, 2.24) is 4.90 Å². The summed E-state index contributed by atoms with van der Waals surface area (Å²) in [5.74, 6) is -0.174. The fourth-order valence-corrected chi connectivity index (χ4v) is 2.14. The fourth-order valence-electron chi connectivity index (χ4n) is 1.76. The highest BCUT2D eigenvalue weighted by atomic mass is 32.1. The third kappa shape index (κ3) is 4.92. The van der Waals surface area contributed by atoms with Crippen LogP contribution in [0, 0.1) is 17.3 Å². The Labute approximate surface area is 104 Å². The van der Waals surface area contributed by atoms with E-state index in [0.29, 0.717) is 11.5 Å². The Hall–Kier alpha value is -0.640. The molecule has 0 aromatic rings. The van der Waals surface area contributed by atoms with Gasteiger partial charge in [0.25, 0.3) is 0 Å². The quantitative estimate of drug-likeness (QED) is 0.770. The molecule has 0 radical (unpaired) electrons. The van der Waals surface area contributed by atoms with E-state index in [4.69, 9.17) is 18.0 Å². The first-order valence-corrected chi connectivity index (χ1v) is 6.01. The summed E-state index contributed by atoms with van der Waals surface area (Å²) in [4.78, 5) is 14.2. The summed E-state index contributed by atoms with van der Waals surface area (Å²) in [5, 5.41) is 0. The molecule has 3 nitrogen and oxygen atoms in total. The van der Waals surface area contributed by atoms with Gasteiger partial charge in [-0.05, 0) is 11.3 Å². The molecule has 0 aromatic carbocycles. The minimum atomic E-state index is -0.345. The molecule has 0 saturated heterocycles. The van der Waals surface area contributed by atoms with E-state index in [0.717, 1.165) is 0 Å². The summed E-state index contributed by atoms with van der Waals surface area (Å²) >= 11 is 4.96. The van der Waals surface area contributed by atoms with Gasteiger partial charge < -0.3 is 10.6 Å². The second-order valence-corrected chi connectivity index (χ2v) is 6.35. The van der Waals surface area contributed by atoms with Crippen molar-refractivity contribution in [1.29, 1.82) is 0 Å². The summed E-state index contributed by atoms with van der Waals surface area (Å²) in [7, 11) is 1.81. The van der Waals surface area contributed by atoms with E-state index in [1.54, 1.807) is 11.9 Å². The van der Waals surface area contributed by atoms with Crippen LogP contribution >= 0.6 is 12.2 Å². The van der Waals surface area contributed by atoms with Gasteiger partial charge in [0, 0.05) is 13.6 Å². The Morgan fingerprint density at radius 1 is 1.38 bits per heavy atom. The summed E-state index contributed by atoms with van der Waals surface area (Å²) in [5.41, 5.74) is 5.71. The average Bonchev–Trinajstić information content (AvgIpc) is 1.98. The first-order chi connectivity index (χ1) is 7.06. The molecule has 1 atom stereocenters. The van der Waals surface area contributed by atoms with Crippen molar-refractivity contribution in [2.24, 2.45) is 23.0 Å². The number of hydrogen-bond donors (Lipinski definition) is 1. The van der Waals surface area contributed by atoms with Crippen LogP contribution < -0.4 is 5.73 Å². The summed E-state index contributed by atoms with van der Waals surface area (Å²) < 4.78 is 0. The monoisotopic (exact) mass is 244 g/mol. The van der Waals surface area contributed by atoms with E-state index < -0.39 is 0 Å². The summed E-state index contributed by atoms with van der Waals surface area (Å²) in [6, 6.07) is 0. The van der Waals surface area contributed by atoms with E-state index in [-0.39, 0.29) is 23.2 Å². The van der Waals surface area contributed by atoms with Crippen molar-refractivity contribution in [3.8, 4) is 0 Å². The number of hydrogen-bond acceptors (Lipinski definition) is 2. The molecular formula is C12H24N2OS. The lowest BCUT2D eigenvalue weighted by Gasteiger charge is -2.30. The predicted molar refractivity (Wildman–Crippen MR) is 72.2 cm³/mol. The zero-order valence-electron chi connectivity index (χ0n) is 11.2. The van der Waals surface area contributed by atoms with E-state index in [1.807, 2.05) is 13.8 Å². The van der Waals surface area contributed by atoms with Crippen molar-refractivity contribution in [2.75, 3.05) is 13.6 Å². The third-order valence-electron chi connectivity index (χ3n) is 2.33. The van der Waals surface area contributed by atoms with Gasteiger partial charge >= 0.3 is 0 Å². The lowest BCUT2D eigenvalue weighted by atomic mass is 9.92. The van der Waals surface area contributed by atoms with Crippen molar-refractivity contribution >= 4 is 23.1 Å². The topological polar surface area (TPSA) is 46.3 Å². The highest BCUT2D eigenvalue weighted by Gasteiger charge is 2.29. The number of thiocarbonyl (C=S) groups is 1. The van der Waals surface area contributed by atoms with E-state index in [2.05, 4.69) is 20.8 Å². The standard InChI is InChI=1S/C12H24N2OS/c1-8(2)9(10(13)16)11(15)14(6)7-12(3,4)5/h8-9H,7H2,1-6H3,(H2,13,16). The normalized spacial score (nSPS) is 13.7. The number of rotatable bonds is 4. The van der Waals surface area contributed by atoms with Gasteiger partial charge in [0.1, 0.15) is 0 Å². The van der Waals surface area contributed by atoms with Crippen LogP contribution in [0.15, 0.2) is 0 Å². The van der Waals surface area contributed by atoms with Crippen molar-refractivity contribution in [2.45, 2.75) is 34.6 Å². The molecule has 16 heavy (non-hydrogen) atoms. The van der Waals surface area contributed by atoms with Crippen molar-refractivity contribution in [3.63, 3.8) is 0 Å². The number of nitrogens with zero attached hydrogens (tertiary/aromatic N) is 1. The molecule has 2 N–H and O–H groups in total. The Bertz CT molecular complexity index is 269. The fraction of sp³-hybridized carbons (Fsp3) is 0.833. The van der Waals surface area contributed by atoms with Crippen LogP contribution in [-0.2, 0) is 4.79 Å². The molecule has 4 heteroatoms. The number of carbonyl (C=O) groups excluding carboxylic acids is 1. The maximum atomic E-state index is 12.2. The van der Waals surface area contributed by atoms with Crippen LogP contribution in [0.5, 0.6) is 0 Å². The molecule has 1 unspecified atom stereocenters. The zero-order chi connectivity index (χ0) is 13.1. The molecule has 0 aliphatic carbocycles. The third-order valence-corrected chi connectivity index (χ3v) is 2.58. The smallest absolute Gasteiger partial charge is 0.232 e. The number of amides is 1. The molecule has 0 saturated carbocycles. The molecule has 0 bridgehead atoms. The first kappa shape index (κ1) is 15.4. The molecule has 0 heterocycles. The van der Waals surface area contributed by atoms with Gasteiger partial charge in [-0.2, -0.15) is 0 Å². The molecule has 0 rings (SSSR count). The van der Waals surface area contributed by atoms with E-state index >= 15 is 0 Å². The van der Waals surface area contributed by atoms with Gasteiger partial charge in [0.2, 0.25) is 5.91 Å². The van der Waals surface area contributed by atoms with Crippen LogP contribution in [-0.4, -0.2) is 29.4 Å². The second-order valence-electron chi connectivity index (χ2n) is 5.88. The van der Waals surface area contributed by atoms with Crippen molar-refractivity contribution < 1.29 is 4.79 Å². The lowest BCUT2D eigenvalue weighted by molar-refractivity contribution is -0.134. The highest BCUT2D eigenvalue weighted by Crippen LogP contribution is 2.19.